The zero-order chi connectivity index (χ0) is 33.0. The Kier molecular flexibility index (Phi) is 10.9. The van der Waals surface area contributed by atoms with E-state index in [0.717, 1.165) is 27.9 Å². The fourth-order valence-corrected chi connectivity index (χ4v) is 6.76. The summed E-state index contributed by atoms with van der Waals surface area (Å²) in [6.45, 7) is 1.25. The molecular weight excluding hydrogens is 635 g/mol. The minimum Gasteiger partial charge on any atom is -0.497 e. The summed E-state index contributed by atoms with van der Waals surface area (Å²) < 4.78 is 18.2. The SMILES string of the molecule is COCC(COC)n1c(=O)c(-c2cccc(Cl)c2Cl)cn(CC(=O)N2CCC(N3CCc4cc(OC)ccc4CC3=O)CC2)c1=O. The quantitative estimate of drug-likeness (QED) is 0.324. The fraction of sp³-hybridized carbons (Fsp3) is 0.455. The van der Waals surface area contributed by atoms with Gasteiger partial charge in [0.25, 0.3) is 5.56 Å². The van der Waals surface area contributed by atoms with E-state index >= 15 is 0 Å². The molecule has 1 saturated heterocycles. The van der Waals surface area contributed by atoms with Crippen LogP contribution in [0.1, 0.15) is 30.0 Å². The third-order valence-corrected chi connectivity index (χ3v) is 9.59. The molecule has 0 radical (unpaired) electrons. The van der Waals surface area contributed by atoms with Crippen LogP contribution in [0.5, 0.6) is 5.75 Å². The van der Waals surface area contributed by atoms with Gasteiger partial charge in [0.2, 0.25) is 11.8 Å². The number of halogens is 2. The molecule has 0 spiro atoms. The molecule has 0 N–H and O–H groups in total. The number of methoxy groups -OCH3 is 3. The highest BCUT2D eigenvalue weighted by atomic mass is 35.5. The number of rotatable bonds is 10. The van der Waals surface area contributed by atoms with Crippen molar-refractivity contribution in [1.29, 1.82) is 0 Å². The molecular formula is C33H38Cl2N4O7. The molecule has 0 atom stereocenters. The molecule has 46 heavy (non-hydrogen) atoms. The van der Waals surface area contributed by atoms with Crippen LogP contribution in [0.2, 0.25) is 10.0 Å². The van der Waals surface area contributed by atoms with Gasteiger partial charge in [0, 0.05) is 51.7 Å². The summed E-state index contributed by atoms with van der Waals surface area (Å²) in [5.74, 6) is 0.582. The van der Waals surface area contributed by atoms with Gasteiger partial charge in [0.1, 0.15) is 12.3 Å². The Morgan fingerprint density at radius 2 is 1.65 bits per heavy atom. The van der Waals surface area contributed by atoms with Gasteiger partial charge >= 0.3 is 5.69 Å². The Labute approximate surface area is 277 Å². The summed E-state index contributed by atoms with van der Waals surface area (Å²) in [5, 5.41) is 0.408. The lowest BCUT2D eigenvalue weighted by molar-refractivity contribution is -0.136. The monoisotopic (exact) mass is 672 g/mol. The number of aromatic nitrogens is 2. The van der Waals surface area contributed by atoms with Crippen molar-refractivity contribution in [1.82, 2.24) is 18.9 Å². The van der Waals surface area contributed by atoms with E-state index in [1.165, 1.54) is 25.0 Å². The highest BCUT2D eigenvalue weighted by Crippen LogP contribution is 2.32. The molecule has 1 aromatic heterocycles. The number of hydrogen-bond donors (Lipinski definition) is 0. The molecule has 0 aliphatic carbocycles. The van der Waals surface area contributed by atoms with Crippen LogP contribution >= 0.6 is 23.2 Å². The highest BCUT2D eigenvalue weighted by Gasteiger charge is 2.32. The summed E-state index contributed by atoms with van der Waals surface area (Å²) in [7, 11) is 4.56. The van der Waals surface area contributed by atoms with E-state index in [1.807, 2.05) is 23.1 Å². The first-order valence-electron chi connectivity index (χ1n) is 15.2. The molecule has 2 amide bonds. The zero-order valence-corrected chi connectivity index (χ0v) is 27.7. The van der Waals surface area contributed by atoms with Gasteiger partial charge in [-0.25, -0.2) is 4.79 Å². The first-order valence-corrected chi connectivity index (χ1v) is 15.9. The van der Waals surface area contributed by atoms with E-state index in [2.05, 4.69) is 0 Å². The summed E-state index contributed by atoms with van der Waals surface area (Å²) in [4.78, 5) is 58.0. The predicted molar refractivity (Wildman–Crippen MR) is 175 cm³/mol. The fourth-order valence-electron chi connectivity index (χ4n) is 6.36. The van der Waals surface area contributed by atoms with Gasteiger partial charge < -0.3 is 24.0 Å². The lowest BCUT2D eigenvalue weighted by Crippen LogP contribution is -2.51. The van der Waals surface area contributed by atoms with E-state index in [4.69, 9.17) is 37.4 Å². The molecule has 0 bridgehead atoms. The number of piperidine rings is 1. The largest absolute Gasteiger partial charge is 0.497 e. The van der Waals surface area contributed by atoms with Crippen molar-refractivity contribution in [2.75, 3.05) is 54.2 Å². The van der Waals surface area contributed by atoms with Crippen molar-refractivity contribution in [3.8, 4) is 16.9 Å². The second-order valence-corrected chi connectivity index (χ2v) is 12.3. The van der Waals surface area contributed by atoms with Crippen LogP contribution in [0.4, 0.5) is 0 Å². The Morgan fingerprint density at radius 1 is 0.935 bits per heavy atom. The number of fused-ring (bicyclic) bond motifs is 1. The van der Waals surface area contributed by atoms with Crippen molar-refractivity contribution in [2.24, 2.45) is 0 Å². The minimum atomic E-state index is -0.747. The van der Waals surface area contributed by atoms with Crippen LogP contribution in [0.15, 0.2) is 52.2 Å². The summed E-state index contributed by atoms with van der Waals surface area (Å²) >= 11 is 12.7. The predicted octanol–water partition coefficient (Wildman–Crippen LogP) is 3.44. The van der Waals surface area contributed by atoms with E-state index in [9.17, 15) is 19.2 Å². The Hall–Kier alpha value is -3.64. The lowest BCUT2D eigenvalue weighted by atomic mass is 10.0. The molecule has 2 aliphatic heterocycles. The maximum atomic E-state index is 13.7. The van der Waals surface area contributed by atoms with Gasteiger partial charge in [0.15, 0.2) is 0 Å². The van der Waals surface area contributed by atoms with Gasteiger partial charge in [-0.3, -0.25) is 23.5 Å². The molecule has 5 rings (SSSR count). The Balaban J connectivity index is 1.35. The first kappa shape index (κ1) is 33.7. The van der Waals surface area contributed by atoms with Crippen LogP contribution in [0.3, 0.4) is 0 Å². The minimum absolute atomic E-state index is 0.0119. The number of carbonyl (C=O) groups excluding carboxylic acids is 2. The van der Waals surface area contributed by atoms with E-state index in [1.54, 1.807) is 30.2 Å². The van der Waals surface area contributed by atoms with Gasteiger partial charge in [-0.15, -0.1) is 0 Å². The van der Waals surface area contributed by atoms with Crippen molar-refractivity contribution >= 4 is 35.0 Å². The van der Waals surface area contributed by atoms with E-state index in [-0.39, 0.29) is 53.2 Å². The van der Waals surface area contributed by atoms with Crippen LogP contribution in [-0.4, -0.2) is 91.0 Å². The molecule has 246 valence electrons. The zero-order valence-electron chi connectivity index (χ0n) is 26.2. The van der Waals surface area contributed by atoms with Gasteiger partial charge in [-0.05, 0) is 48.6 Å². The maximum absolute atomic E-state index is 13.7. The number of ether oxygens (including phenoxy) is 3. The third kappa shape index (κ3) is 7.02. The first-order chi connectivity index (χ1) is 22.2. The maximum Gasteiger partial charge on any atom is 0.331 e. The van der Waals surface area contributed by atoms with Crippen molar-refractivity contribution < 1.29 is 23.8 Å². The van der Waals surface area contributed by atoms with Gasteiger partial charge in [-0.2, -0.15) is 0 Å². The van der Waals surface area contributed by atoms with E-state index in [0.29, 0.717) is 44.5 Å². The molecule has 1 fully saturated rings. The number of nitrogens with zero attached hydrogens (tertiary/aromatic N) is 4. The highest BCUT2D eigenvalue weighted by molar-refractivity contribution is 6.43. The number of amides is 2. The van der Waals surface area contributed by atoms with Crippen LogP contribution in [-0.2, 0) is 38.4 Å². The van der Waals surface area contributed by atoms with Crippen molar-refractivity contribution in [3.05, 3.63) is 84.6 Å². The molecule has 3 heterocycles. The molecule has 13 heteroatoms. The van der Waals surface area contributed by atoms with Crippen LogP contribution in [0.25, 0.3) is 11.1 Å². The van der Waals surface area contributed by atoms with Crippen molar-refractivity contribution in [3.63, 3.8) is 0 Å². The number of likely N-dealkylation sites (tertiary alicyclic amines) is 1. The number of benzene rings is 2. The summed E-state index contributed by atoms with van der Waals surface area (Å²) in [6, 6.07) is 9.99. The number of carbonyl (C=O) groups is 2. The second kappa shape index (κ2) is 14.8. The average Bonchev–Trinajstić information content (AvgIpc) is 3.21. The summed E-state index contributed by atoms with van der Waals surface area (Å²) in [6.07, 6.45) is 3.69. The second-order valence-electron chi connectivity index (χ2n) is 11.6. The van der Waals surface area contributed by atoms with Gasteiger partial charge in [-0.1, -0.05) is 41.4 Å². The third-order valence-electron chi connectivity index (χ3n) is 8.77. The smallest absolute Gasteiger partial charge is 0.331 e. The molecule has 11 nitrogen and oxygen atoms in total. The van der Waals surface area contributed by atoms with Crippen LogP contribution in [0, 0.1) is 0 Å². The molecule has 0 unspecified atom stereocenters. The summed E-state index contributed by atoms with van der Waals surface area (Å²) in [5.41, 5.74) is 1.33. The lowest BCUT2D eigenvalue weighted by Gasteiger charge is -2.38. The van der Waals surface area contributed by atoms with Crippen molar-refractivity contribution in [2.45, 2.75) is 44.3 Å². The topological polar surface area (TPSA) is 112 Å². The van der Waals surface area contributed by atoms with Crippen LogP contribution < -0.4 is 16.0 Å². The Bertz CT molecular complexity index is 1710. The Morgan fingerprint density at radius 3 is 2.33 bits per heavy atom. The standard InChI is InChI=1S/C33H38Cl2N4O7/c1-44-19-24(20-45-2)39-32(42)27(26-5-4-6-28(34)31(26)35)17-37(33(39)43)18-30(41)36-12-10-23(11-13-36)38-14-9-22-15-25(46-3)8-7-21(22)16-29(38)40/h4-8,15,17,23-24H,9-14,16,18-20H2,1-3H3. The normalized spacial score (nSPS) is 15.7. The molecule has 2 aliphatic rings. The van der Waals surface area contributed by atoms with Gasteiger partial charge in [0.05, 0.1) is 48.4 Å². The van der Waals surface area contributed by atoms with E-state index < -0.39 is 17.3 Å². The molecule has 3 aromatic rings. The molecule has 2 aromatic carbocycles. The molecule has 0 saturated carbocycles. The average molecular weight is 674 g/mol. The number of hydrogen-bond acceptors (Lipinski definition) is 7.